The van der Waals surface area contributed by atoms with Crippen LogP contribution in [0.15, 0.2) is 11.0 Å². The number of nitrogens with two attached hydrogens (primary N) is 1. The van der Waals surface area contributed by atoms with Crippen LogP contribution in [-0.4, -0.2) is 70.6 Å². The Morgan fingerprint density at radius 1 is 1.23 bits per heavy atom. The van der Waals surface area contributed by atoms with Gasteiger partial charge in [-0.25, -0.2) is 27.3 Å². The maximum Gasteiger partial charge on any atom is 0.490 e. The number of nitrogens with zero attached hydrogens (tertiary/aromatic N) is 3. The molecule has 3 unspecified atom stereocenters. The van der Waals surface area contributed by atoms with Gasteiger partial charge in [-0.05, 0) is 0 Å². The molecule has 1 fully saturated rings. The molecule has 22 heteroatoms. The van der Waals surface area contributed by atoms with E-state index in [0.29, 0.717) is 0 Å². The molecular weight excluding hydrogens is 503 g/mol. The summed E-state index contributed by atoms with van der Waals surface area (Å²) < 4.78 is 78.2. The number of phosphoric acid groups is 3. The summed E-state index contributed by atoms with van der Waals surface area (Å²) in [7, 11) is -17.1. The van der Waals surface area contributed by atoms with E-state index in [1.807, 2.05) is 0 Å². The molecule has 7 N–H and O–H groups in total. The molecule has 0 amide bonds. The van der Waals surface area contributed by atoms with Crippen LogP contribution in [0.1, 0.15) is 6.23 Å². The van der Waals surface area contributed by atoms with Crippen LogP contribution in [0.2, 0.25) is 0 Å². The van der Waals surface area contributed by atoms with Gasteiger partial charge in [0.1, 0.15) is 24.7 Å². The first-order valence-corrected chi connectivity index (χ1v) is 12.1. The van der Waals surface area contributed by atoms with Crippen molar-refractivity contribution in [1.82, 2.24) is 14.8 Å². The molecule has 17 nitrogen and oxygen atoms in total. The summed E-state index contributed by atoms with van der Waals surface area (Å²) in [6.45, 7) is -3.23. The zero-order valence-electron chi connectivity index (χ0n) is 14.7. The van der Waals surface area contributed by atoms with Crippen LogP contribution in [0.5, 0.6) is 0 Å². The fourth-order valence-corrected chi connectivity index (χ4v) is 5.37. The minimum atomic E-state index is -5.83. The first-order chi connectivity index (χ1) is 14.0. The third kappa shape index (κ3) is 6.41. The van der Waals surface area contributed by atoms with E-state index in [9.17, 15) is 37.3 Å². The van der Waals surface area contributed by atoms with Crippen molar-refractivity contribution in [3.8, 4) is 0 Å². The highest BCUT2D eigenvalue weighted by Crippen LogP contribution is 2.66. The van der Waals surface area contributed by atoms with Crippen molar-refractivity contribution >= 4 is 29.3 Å². The normalized spacial score (nSPS) is 30.6. The topological polar surface area (TPSA) is 263 Å². The van der Waals surface area contributed by atoms with Crippen molar-refractivity contribution in [3.63, 3.8) is 0 Å². The number of rotatable bonds is 9. The van der Waals surface area contributed by atoms with Gasteiger partial charge in [0.15, 0.2) is 6.23 Å². The number of aliphatic hydroxyl groups is 1. The highest BCUT2D eigenvalue weighted by Gasteiger charge is 2.60. The molecule has 2 heterocycles. The van der Waals surface area contributed by atoms with Gasteiger partial charge in [0.25, 0.3) is 0 Å². The van der Waals surface area contributed by atoms with Gasteiger partial charge in [-0.3, -0.25) is 4.52 Å². The van der Waals surface area contributed by atoms with Crippen molar-refractivity contribution < 1.29 is 65.0 Å². The maximum atomic E-state index is 15.0. The molecule has 31 heavy (non-hydrogen) atoms. The van der Waals surface area contributed by atoms with Crippen LogP contribution in [0.4, 0.5) is 14.6 Å². The lowest BCUT2D eigenvalue weighted by Crippen LogP contribution is -2.47. The summed E-state index contributed by atoms with van der Waals surface area (Å²) in [6, 6.07) is 0. The molecular formula is C9H15F2N4O13P3. The second-order valence-corrected chi connectivity index (χ2v) is 10.2. The molecule has 2 rings (SSSR count). The fraction of sp³-hybridized carbons (Fsp3) is 0.667. The second-order valence-electron chi connectivity index (χ2n) is 5.83. The van der Waals surface area contributed by atoms with Crippen molar-refractivity contribution in [2.45, 2.75) is 24.1 Å². The van der Waals surface area contributed by atoms with Gasteiger partial charge in [-0.1, -0.05) is 0 Å². The molecule has 1 aliphatic rings. The van der Waals surface area contributed by atoms with Gasteiger partial charge in [0, 0.05) is 0 Å². The fourth-order valence-electron chi connectivity index (χ4n) is 2.34. The first kappa shape index (κ1) is 26.1. The third-order valence-electron chi connectivity index (χ3n) is 3.54. The van der Waals surface area contributed by atoms with Gasteiger partial charge in [-0.2, -0.15) is 23.4 Å². The number of anilines is 1. The number of nitrogen functional groups attached to an aromatic ring is 1. The standard InChI is InChI=1S/C9H15F2N4O13P3/c10-3-9(11)6(16)4(26-7(9)15-8(17)14-5(12)1-13-15)2-25-30(21,22)28-31(23,24)27-29(18,19)20/h1,4,6-7,16H,2-3H2,(H,21,22)(H,23,24)(H2,12,14,17)(H2,18,19,20)/t4-,6?,7-,9-/m1/s1. The molecule has 6 atom stereocenters. The van der Waals surface area contributed by atoms with E-state index in [4.69, 9.17) is 25.2 Å². The molecule has 0 saturated carbocycles. The monoisotopic (exact) mass is 518 g/mol. The Hall–Kier alpha value is -1.20. The lowest BCUT2D eigenvalue weighted by molar-refractivity contribution is -0.0804. The van der Waals surface area contributed by atoms with Gasteiger partial charge in [0.05, 0.1) is 12.8 Å². The number of hydrogen-bond acceptors (Lipinski definition) is 12. The number of halogens is 2. The average molecular weight is 518 g/mol. The van der Waals surface area contributed by atoms with Crippen molar-refractivity contribution in [1.29, 1.82) is 0 Å². The first-order valence-electron chi connectivity index (χ1n) is 7.58. The molecule has 0 spiro atoms. The van der Waals surface area contributed by atoms with Gasteiger partial charge in [-0.15, -0.1) is 0 Å². The summed E-state index contributed by atoms with van der Waals surface area (Å²) in [4.78, 5) is 50.3. The Morgan fingerprint density at radius 2 is 1.84 bits per heavy atom. The van der Waals surface area contributed by atoms with Crippen LogP contribution in [0, 0.1) is 0 Å². The van der Waals surface area contributed by atoms with Crippen molar-refractivity contribution in [3.05, 3.63) is 16.7 Å². The molecule has 0 aromatic carbocycles. The Balaban J connectivity index is 2.17. The van der Waals surface area contributed by atoms with Gasteiger partial charge in [0.2, 0.25) is 5.67 Å². The summed E-state index contributed by atoms with van der Waals surface area (Å²) in [5.41, 5.74) is 0.614. The molecule has 1 aromatic heterocycles. The highest BCUT2D eigenvalue weighted by atomic mass is 31.3. The highest BCUT2D eigenvalue weighted by molar-refractivity contribution is 7.66. The van der Waals surface area contributed by atoms with Crippen molar-refractivity contribution in [2.75, 3.05) is 19.0 Å². The molecule has 178 valence electrons. The van der Waals surface area contributed by atoms with Crippen LogP contribution >= 0.6 is 23.5 Å². The van der Waals surface area contributed by atoms with Crippen molar-refractivity contribution in [2.24, 2.45) is 0 Å². The Kier molecular flexibility index (Phi) is 7.54. The minimum absolute atomic E-state index is 0.198. The van der Waals surface area contributed by atoms with E-state index < -0.39 is 66.5 Å². The van der Waals surface area contributed by atoms with E-state index in [0.717, 1.165) is 6.20 Å². The van der Waals surface area contributed by atoms with Gasteiger partial charge < -0.3 is 35.2 Å². The Bertz CT molecular complexity index is 1020. The lowest BCUT2D eigenvalue weighted by atomic mass is 9.98. The Morgan fingerprint density at radius 3 is 2.35 bits per heavy atom. The SMILES string of the molecule is Nc1cnn([C@@H]2O[C@H](COP(=O)(O)OP(=O)(O)OP(=O)(O)O)C(O)[C@]2(F)CF)c(=O)n1. The minimum Gasteiger partial charge on any atom is -0.387 e. The summed E-state index contributed by atoms with van der Waals surface area (Å²) in [5, 5.41) is 13.4. The molecule has 0 radical (unpaired) electrons. The maximum absolute atomic E-state index is 15.0. The smallest absolute Gasteiger partial charge is 0.387 e. The van der Waals surface area contributed by atoms with Crippen LogP contribution < -0.4 is 11.4 Å². The summed E-state index contributed by atoms with van der Waals surface area (Å²) in [6.07, 6.45) is -5.85. The number of alkyl halides is 2. The van der Waals surface area contributed by atoms with Crippen LogP contribution in [0.3, 0.4) is 0 Å². The molecule has 1 aromatic rings. The number of phosphoric ester groups is 1. The average Bonchev–Trinajstić information content (AvgIpc) is 2.82. The van der Waals surface area contributed by atoms with Crippen LogP contribution in [-0.2, 0) is 31.6 Å². The lowest BCUT2D eigenvalue weighted by Gasteiger charge is -2.25. The summed E-state index contributed by atoms with van der Waals surface area (Å²) >= 11 is 0. The molecule has 1 saturated heterocycles. The number of ether oxygens (including phenoxy) is 1. The number of aromatic nitrogens is 3. The zero-order chi connectivity index (χ0) is 23.8. The Labute approximate surface area is 169 Å². The number of hydrogen-bond donors (Lipinski definition) is 6. The molecule has 0 aliphatic carbocycles. The van der Waals surface area contributed by atoms with E-state index >= 15 is 0 Å². The second kappa shape index (κ2) is 8.97. The molecule has 0 bridgehead atoms. The van der Waals surface area contributed by atoms with Crippen LogP contribution in [0.25, 0.3) is 0 Å². The van der Waals surface area contributed by atoms with E-state index in [2.05, 4.69) is 23.2 Å². The summed E-state index contributed by atoms with van der Waals surface area (Å²) in [5.74, 6) is -0.367. The quantitative estimate of drug-likeness (QED) is 0.203. The van der Waals surface area contributed by atoms with E-state index in [-0.39, 0.29) is 10.5 Å². The molecule has 1 aliphatic heterocycles. The predicted octanol–water partition coefficient (Wildman–Crippen LogP) is -1.50. The zero-order valence-corrected chi connectivity index (χ0v) is 17.4. The predicted molar refractivity (Wildman–Crippen MR) is 90.3 cm³/mol. The van der Waals surface area contributed by atoms with Gasteiger partial charge >= 0.3 is 29.2 Å². The van der Waals surface area contributed by atoms with E-state index in [1.54, 1.807) is 0 Å². The van der Waals surface area contributed by atoms with E-state index in [1.165, 1.54) is 0 Å². The number of aliphatic hydroxyl groups excluding tert-OH is 1. The largest absolute Gasteiger partial charge is 0.490 e. The third-order valence-corrected chi connectivity index (χ3v) is 7.34.